The van der Waals surface area contributed by atoms with Crippen molar-refractivity contribution in [1.82, 2.24) is 4.98 Å². The van der Waals surface area contributed by atoms with Crippen molar-refractivity contribution in [2.45, 2.75) is 5.92 Å². The summed E-state index contributed by atoms with van der Waals surface area (Å²) in [5.74, 6) is -1.95. The zero-order valence-electron chi connectivity index (χ0n) is 12.1. The standard InChI is InChI=1S/C18H9Br2NO3/c19-8-5-6-12-11(7-8)14(20)18(24)15(21-12)13-16(22)9-3-1-2-4-10(9)17(13)23/h1-7,13,24H. The van der Waals surface area contributed by atoms with E-state index in [1.807, 2.05) is 12.1 Å². The van der Waals surface area contributed by atoms with Crippen LogP contribution in [0.3, 0.4) is 0 Å². The summed E-state index contributed by atoms with van der Waals surface area (Å²) in [7, 11) is 0. The van der Waals surface area contributed by atoms with Gasteiger partial charge in [-0.3, -0.25) is 9.59 Å². The van der Waals surface area contributed by atoms with Gasteiger partial charge in [0.05, 0.1) is 9.99 Å². The number of hydrogen-bond donors (Lipinski definition) is 1. The molecule has 0 fully saturated rings. The minimum Gasteiger partial charge on any atom is -0.505 e. The van der Waals surface area contributed by atoms with Crippen LogP contribution in [0.4, 0.5) is 0 Å². The molecule has 1 heterocycles. The van der Waals surface area contributed by atoms with Crippen molar-refractivity contribution in [2.24, 2.45) is 0 Å². The summed E-state index contributed by atoms with van der Waals surface area (Å²) >= 11 is 6.73. The van der Waals surface area contributed by atoms with Crippen LogP contribution in [0.25, 0.3) is 10.9 Å². The average molecular weight is 447 g/mol. The predicted octanol–water partition coefficient (Wildman–Crippen LogP) is 4.63. The van der Waals surface area contributed by atoms with Crippen LogP contribution in [0.15, 0.2) is 51.4 Å². The number of aromatic hydroxyl groups is 1. The molecule has 0 radical (unpaired) electrons. The van der Waals surface area contributed by atoms with Crippen LogP contribution in [0.2, 0.25) is 0 Å². The molecule has 0 bridgehead atoms. The maximum Gasteiger partial charge on any atom is 0.180 e. The Morgan fingerprint density at radius 1 is 0.958 bits per heavy atom. The highest BCUT2D eigenvalue weighted by Gasteiger charge is 2.42. The third-order valence-electron chi connectivity index (χ3n) is 4.14. The summed E-state index contributed by atoms with van der Waals surface area (Å²) < 4.78 is 1.26. The first-order valence-corrected chi connectivity index (χ1v) is 8.72. The fraction of sp³-hybridized carbons (Fsp3) is 0.0556. The Hall–Kier alpha value is -2.05. The summed E-state index contributed by atoms with van der Waals surface area (Å²) in [6.45, 7) is 0. The van der Waals surface area contributed by atoms with E-state index in [0.717, 1.165) is 4.47 Å². The van der Waals surface area contributed by atoms with Gasteiger partial charge in [0.2, 0.25) is 0 Å². The number of benzene rings is 2. The number of nitrogens with zero attached hydrogens (tertiary/aromatic N) is 1. The average Bonchev–Trinajstić information content (AvgIpc) is 2.83. The van der Waals surface area contributed by atoms with E-state index in [-0.39, 0.29) is 23.0 Å². The smallest absolute Gasteiger partial charge is 0.180 e. The fourth-order valence-electron chi connectivity index (χ4n) is 3.00. The van der Waals surface area contributed by atoms with Crippen LogP contribution in [-0.4, -0.2) is 21.7 Å². The first kappa shape index (κ1) is 15.5. The van der Waals surface area contributed by atoms with Gasteiger partial charge < -0.3 is 5.11 Å². The molecule has 0 saturated carbocycles. The Kier molecular flexibility index (Phi) is 3.54. The zero-order valence-corrected chi connectivity index (χ0v) is 15.3. The number of Topliss-reactive ketones (excluding diaryl/α,β-unsaturated/α-hetero) is 2. The van der Waals surface area contributed by atoms with Gasteiger partial charge in [-0.1, -0.05) is 40.2 Å². The number of halogens is 2. The van der Waals surface area contributed by atoms with Crippen molar-refractivity contribution in [3.05, 3.63) is 68.2 Å². The lowest BCUT2D eigenvalue weighted by Crippen LogP contribution is -2.15. The fourth-order valence-corrected chi connectivity index (χ4v) is 3.88. The van der Waals surface area contributed by atoms with E-state index in [1.165, 1.54) is 0 Å². The van der Waals surface area contributed by atoms with Crippen LogP contribution < -0.4 is 0 Å². The number of rotatable bonds is 1. The molecule has 1 aliphatic rings. The lowest BCUT2D eigenvalue weighted by Gasteiger charge is -2.12. The van der Waals surface area contributed by atoms with Crippen molar-refractivity contribution in [3.63, 3.8) is 0 Å². The van der Waals surface area contributed by atoms with Crippen LogP contribution in [-0.2, 0) is 0 Å². The van der Waals surface area contributed by atoms with Crippen molar-refractivity contribution in [1.29, 1.82) is 0 Å². The van der Waals surface area contributed by atoms with Gasteiger partial charge in [-0.05, 0) is 34.1 Å². The number of aromatic nitrogens is 1. The van der Waals surface area contributed by atoms with Gasteiger partial charge in [-0.25, -0.2) is 4.98 Å². The predicted molar refractivity (Wildman–Crippen MR) is 96.7 cm³/mol. The lowest BCUT2D eigenvalue weighted by molar-refractivity contribution is 0.0886. The van der Waals surface area contributed by atoms with Gasteiger partial charge in [0.1, 0.15) is 11.6 Å². The summed E-state index contributed by atoms with van der Waals surface area (Å²) in [6, 6.07) is 12.1. The highest BCUT2D eigenvalue weighted by atomic mass is 79.9. The lowest BCUT2D eigenvalue weighted by atomic mass is 9.97. The number of fused-ring (bicyclic) bond motifs is 2. The molecule has 2 aromatic carbocycles. The Morgan fingerprint density at radius 2 is 1.58 bits per heavy atom. The molecule has 118 valence electrons. The molecular weight excluding hydrogens is 438 g/mol. The quantitative estimate of drug-likeness (QED) is 0.553. The van der Waals surface area contributed by atoms with Crippen molar-refractivity contribution < 1.29 is 14.7 Å². The van der Waals surface area contributed by atoms with E-state index in [9.17, 15) is 14.7 Å². The second kappa shape index (κ2) is 5.50. The molecule has 6 heteroatoms. The minimum absolute atomic E-state index is 0.0860. The molecule has 1 N–H and O–H groups in total. The van der Waals surface area contributed by atoms with Gasteiger partial charge in [0.25, 0.3) is 0 Å². The first-order valence-electron chi connectivity index (χ1n) is 7.14. The Labute approximate surface area is 153 Å². The molecule has 1 aliphatic carbocycles. The number of pyridine rings is 1. The van der Waals surface area contributed by atoms with E-state index >= 15 is 0 Å². The van der Waals surface area contributed by atoms with E-state index < -0.39 is 5.92 Å². The summed E-state index contributed by atoms with van der Waals surface area (Å²) in [6.07, 6.45) is 0. The minimum atomic E-state index is -1.10. The topological polar surface area (TPSA) is 67.3 Å². The van der Waals surface area contributed by atoms with Crippen molar-refractivity contribution in [2.75, 3.05) is 0 Å². The second-order valence-electron chi connectivity index (χ2n) is 5.53. The monoisotopic (exact) mass is 445 g/mol. The third-order valence-corrected chi connectivity index (χ3v) is 5.44. The second-order valence-corrected chi connectivity index (χ2v) is 7.24. The van der Waals surface area contributed by atoms with E-state index in [2.05, 4.69) is 36.8 Å². The van der Waals surface area contributed by atoms with Gasteiger partial charge in [0.15, 0.2) is 17.3 Å². The van der Waals surface area contributed by atoms with Gasteiger partial charge >= 0.3 is 0 Å². The van der Waals surface area contributed by atoms with Crippen molar-refractivity contribution >= 4 is 54.3 Å². The highest BCUT2D eigenvalue weighted by molar-refractivity contribution is 9.11. The first-order chi connectivity index (χ1) is 11.5. The number of hydrogen-bond acceptors (Lipinski definition) is 4. The van der Waals surface area contributed by atoms with Gasteiger partial charge in [-0.2, -0.15) is 0 Å². The Bertz CT molecular complexity index is 1010. The highest BCUT2D eigenvalue weighted by Crippen LogP contribution is 2.42. The van der Waals surface area contributed by atoms with E-state index in [0.29, 0.717) is 26.5 Å². The molecule has 0 aliphatic heterocycles. The largest absolute Gasteiger partial charge is 0.505 e. The molecule has 4 rings (SSSR count). The van der Waals surface area contributed by atoms with Crippen LogP contribution in [0.1, 0.15) is 32.3 Å². The maximum atomic E-state index is 12.7. The molecule has 1 aromatic heterocycles. The molecule has 0 atom stereocenters. The molecule has 3 aromatic rings. The van der Waals surface area contributed by atoms with Gasteiger partial charge in [-0.15, -0.1) is 0 Å². The molecule has 0 amide bonds. The van der Waals surface area contributed by atoms with Crippen LogP contribution in [0.5, 0.6) is 5.75 Å². The summed E-state index contributed by atoms with van der Waals surface area (Å²) in [5.41, 5.74) is 1.43. The van der Waals surface area contributed by atoms with Gasteiger partial charge in [0, 0.05) is 21.0 Å². The Balaban J connectivity index is 1.95. The normalized spacial score (nSPS) is 14.4. The molecule has 0 saturated heterocycles. The molecule has 0 unspecified atom stereocenters. The summed E-state index contributed by atoms with van der Waals surface area (Å²) in [4.78, 5) is 29.7. The number of ketones is 2. The third kappa shape index (κ3) is 2.13. The number of carbonyl (C=O) groups excluding carboxylic acids is 2. The zero-order chi connectivity index (χ0) is 17.0. The molecule has 4 nitrogen and oxygen atoms in total. The maximum absolute atomic E-state index is 12.7. The van der Waals surface area contributed by atoms with E-state index in [4.69, 9.17) is 0 Å². The molecule has 24 heavy (non-hydrogen) atoms. The van der Waals surface area contributed by atoms with Crippen LogP contribution in [0, 0.1) is 0 Å². The van der Waals surface area contributed by atoms with Crippen molar-refractivity contribution in [3.8, 4) is 5.75 Å². The summed E-state index contributed by atoms with van der Waals surface area (Å²) in [5, 5.41) is 11.2. The molecular formula is C18H9Br2NO3. The van der Waals surface area contributed by atoms with E-state index in [1.54, 1.807) is 30.3 Å². The molecule has 0 spiro atoms. The Morgan fingerprint density at radius 3 is 2.21 bits per heavy atom. The number of carbonyl (C=O) groups is 2. The van der Waals surface area contributed by atoms with Crippen LogP contribution >= 0.6 is 31.9 Å². The SMILES string of the molecule is O=C1c2ccccc2C(=O)C1c1nc2ccc(Br)cc2c(Br)c1O.